The van der Waals surface area contributed by atoms with E-state index in [-0.39, 0.29) is 35.3 Å². The monoisotopic (exact) mass is 470 g/mol. The maximum atomic E-state index is 11.8. The molecule has 4 N–H and O–H groups in total. The van der Waals surface area contributed by atoms with Gasteiger partial charge in [-0.2, -0.15) is 0 Å². The third-order valence-electron chi connectivity index (χ3n) is 6.21. The lowest BCUT2D eigenvalue weighted by atomic mass is 10.1. The van der Waals surface area contributed by atoms with Gasteiger partial charge in [0.2, 0.25) is 15.9 Å². The van der Waals surface area contributed by atoms with Gasteiger partial charge in [-0.05, 0) is 43.5 Å². The molecule has 2 aliphatic rings. The zero-order valence-corrected chi connectivity index (χ0v) is 19.2. The number of nitrogens with two attached hydrogens (primary N) is 1. The van der Waals surface area contributed by atoms with Crippen LogP contribution in [0.25, 0.3) is 23.0 Å². The molecule has 3 heterocycles. The van der Waals surface area contributed by atoms with E-state index < -0.39 is 10.0 Å². The van der Waals surface area contributed by atoms with Crippen molar-refractivity contribution in [3.63, 3.8) is 0 Å². The number of piperidine rings is 1. The highest BCUT2D eigenvalue weighted by molar-refractivity contribution is 7.89. The molecule has 2 fully saturated rings. The lowest BCUT2D eigenvalue weighted by molar-refractivity contribution is 0.571. The third kappa shape index (κ3) is 4.28. The van der Waals surface area contributed by atoms with E-state index in [9.17, 15) is 8.42 Å². The summed E-state index contributed by atoms with van der Waals surface area (Å²) in [6.07, 6.45) is 1.62. The van der Waals surface area contributed by atoms with E-state index in [4.69, 9.17) is 10.2 Å². The molecule has 1 saturated heterocycles. The van der Waals surface area contributed by atoms with Gasteiger partial charge < -0.3 is 20.4 Å². The van der Waals surface area contributed by atoms with Crippen molar-refractivity contribution in [2.75, 3.05) is 36.5 Å². The first kappa shape index (κ1) is 21.7. The molecule has 2 aromatic heterocycles. The average Bonchev–Trinajstić information content (AvgIpc) is 3.20. The number of nitrogens with one attached hydrogen (secondary N) is 2. The number of fused-ring (bicyclic) bond motifs is 1. The molecule has 0 radical (unpaired) electrons. The van der Waals surface area contributed by atoms with Gasteiger partial charge in [0, 0.05) is 31.2 Å². The van der Waals surface area contributed by atoms with E-state index in [1.54, 1.807) is 13.1 Å². The highest BCUT2D eigenvalue weighted by Gasteiger charge is 2.57. The lowest BCUT2D eigenvalue weighted by Gasteiger charge is -2.21. The van der Waals surface area contributed by atoms with Crippen molar-refractivity contribution in [2.45, 2.75) is 19.5 Å². The third-order valence-corrected chi connectivity index (χ3v) is 7.60. The standard InChI is InChI=1S/C21H26N8O3S/c1-3-33(30,31)28-17-14-10-29(11-15(14)17)16-9-24-19(22)18(25-16)21-27-26-20(32-21)13-6-4-12(5-7-13)8-23-2/h4-7,9,14-15,17,23,28H,3,8,10-11H2,1-2H3,(H2,22,24)/t14-,15?,17-/m0/s1. The number of anilines is 2. The fraction of sp³-hybridized carbons (Fsp3) is 0.429. The maximum absolute atomic E-state index is 11.8. The molecule has 33 heavy (non-hydrogen) atoms. The SMILES string of the molecule is CCS(=O)(=O)N[C@@H]1C2CN(c3cnc(N)c(-c4nnc(-c5ccc(CNC)cc5)o4)n3)C[C@@H]21. The summed E-state index contributed by atoms with van der Waals surface area (Å²) >= 11 is 0. The van der Waals surface area contributed by atoms with Gasteiger partial charge in [-0.25, -0.2) is 23.1 Å². The summed E-state index contributed by atoms with van der Waals surface area (Å²) < 4.78 is 32.3. The maximum Gasteiger partial charge on any atom is 0.270 e. The molecule has 5 rings (SSSR count). The number of nitrogen functional groups attached to an aromatic ring is 1. The van der Waals surface area contributed by atoms with Crippen LogP contribution < -0.4 is 20.7 Å². The Morgan fingerprint density at radius 1 is 1.15 bits per heavy atom. The molecule has 1 aromatic carbocycles. The van der Waals surface area contributed by atoms with Crippen molar-refractivity contribution in [3.05, 3.63) is 36.0 Å². The van der Waals surface area contributed by atoms with Gasteiger partial charge in [-0.3, -0.25) is 0 Å². The predicted octanol–water partition coefficient (Wildman–Crippen LogP) is 0.869. The zero-order valence-electron chi connectivity index (χ0n) is 18.4. The number of aromatic nitrogens is 4. The molecular weight excluding hydrogens is 444 g/mol. The number of benzene rings is 1. The largest absolute Gasteiger partial charge is 0.414 e. The van der Waals surface area contributed by atoms with Gasteiger partial charge in [0.05, 0.1) is 11.9 Å². The van der Waals surface area contributed by atoms with Gasteiger partial charge in [-0.15, -0.1) is 10.2 Å². The van der Waals surface area contributed by atoms with Crippen LogP contribution in [0.3, 0.4) is 0 Å². The molecule has 0 amide bonds. The normalized spacial score (nSPS) is 21.9. The van der Waals surface area contributed by atoms with Crippen LogP contribution in [0.2, 0.25) is 0 Å². The molecule has 3 atom stereocenters. The topological polar surface area (TPSA) is 152 Å². The summed E-state index contributed by atoms with van der Waals surface area (Å²) in [6, 6.07) is 7.85. The minimum atomic E-state index is -3.20. The minimum absolute atomic E-state index is 0.00501. The summed E-state index contributed by atoms with van der Waals surface area (Å²) in [7, 11) is -1.30. The van der Waals surface area contributed by atoms with Crippen molar-refractivity contribution in [3.8, 4) is 23.0 Å². The van der Waals surface area contributed by atoms with Gasteiger partial charge >= 0.3 is 0 Å². The molecule has 12 heteroatoms. The van der Waals surface area contributed by atoms with Crippen LogP contribution >= 0.6 is 0 Å². The second-order valence-electron chi connectivity index (χ2n) is 8.38. The van der Waals surface area contributed by atoms with Gasteiger partial charge in [-0.1, -0.05) is 12.1 Å². The Labute approximate surface area is 191 Å². The van der Waals surface area contributed by atoms with Crippen LogP contribution in [0.15, 0.2) is 34.9 Å². The van der Waals surface area contributed by atoms with Crippen LogP contribution in [-0.4, -0.2) is 60.5 Å². The summed E-state index contributed by atoms with van der Waals surface area (Å²) in [5, 5.41) is 11.4. The van der Waals surface area contributed by atoms with E-state index in [0.717, 1.165) is 17.7 Å². The lowest BCUT2D eigenvalue weighted by Crippen LogP contribution is -2.35. The second kappa shape index (κ2) is 8.36. The number of nitrogens with zero attached hydrogens (tertiary/aromatic N) is 5. The van der Waals surface area contributed by atoms with E-state index in [1.807, 2.05) is 31.3 Å². The summed E-state index contributed by atoms with van der Waals surface area (Å²) in [5.41, 5.74) is 8.35. The first-order chi connectivity index (χ1) is 15.9. The fourth-order valence-electron chi connectivity index (χ4n) is 4.28. The Bertz CT molecular complexity index is 1250. The molecule has 1 saturated carbocycles. The van der Waals surface area contributed by atoms with Crippen LogP contribution in [-0.2, 0) is 16.6 Å². The van der Waals surface area contributed by atoms with Crippen LogP contribution in [0.1, 0.15) is 12.5 Å². The first-order valence-electron chi connectivity index (χ1n) is 10.8. The van der Waals surface area contributed by atoms with Crippen LogP contribution in [0, 0.1) is 11.8 Å². The number of rotatable bonds is 8. The van der Waals surface area contributed by atoms with Crippen molar-refractivity contribution in [1.82, 2.24) is 30.2 Å². The Balaban J connectivity index is 1.31. The van der Waals surface area contributed by atoms with E-state index >= 15 is 0 Å². The van der Waals surface area contributed by atoms with Crippen LogP contribution in [0.5, 0.6) is 0 Å². The van der Waals surface area contributed by atoms with E-state index in [2.05, 4.69) is 35.1 Å². The van der Waals surface area contributed by atoms with E-state index in [1.165, 1.54) is 0 Å². The van der Waals surface area contributed by atoms with Crippen LogP contribution in [0.4, 0.5) is 11.6 Å². The first-order valence-corrected chi connectivity index (χ1v) is 12.5. The van der Waals surface area contributed by atoms with Crippen molar-refractivity contribution in [1.29, 1.82) is 0 Å². The van der Waals surface area contributed by atoms with Crippen molar-refractivity contribution in [2.24, 2.45) is 11.8 Å². The van der Waals surface area contributed by atoms with Crippen molar-refractivity contribution < 1.29 is 12.8 Å². The predicted molar refractivity (Wildman–Crippen MR) is 124 cm³/mol. The van der Waals surface area contributed by atoms with Crippen molar-refractivity contribution >= 4 is 21.7 Å². The minimum Gasteiger partial charge on any atom is -0.414 e. The molecule has 0 bridgehead atoms. The molecule has 1 aliphatic heterocycles. The quantitative estimate of drug-likeness (QED) is 0.432. The fourth-order valence-corrected chi connectivity index (χ4v) is 5.21. The molecule has 174 valence electrons. The molecule has 1 aliphatic carbocycles. The zero-order chi connectivity index (χ0) is 23.2. The molecule has 0 spiro atoms. The molecule has 11 nitrogen and oxygen atoms in total. The highest BCUT2D eigenvalue weighted by Crippen LogP contribution is 2.47. The Morgan fingerprint density at radius 2 is 1.85 bits per heavy atom. The average molecular weight is 471 g/mol. The Morgan fingerprint density at radius 3 is 2.52 bits per heavy atom. The van der Waals surface area contributed by atoms with Gasteiger partial charge in [0.15, 0.2) is 11.5 Å². The van der Waals surface area contributed by atoms with Gasteiger partial charge in [0.25, 0.3) is 5.89 Å². The summed E-state index contributed by atoms with van der Waals surface area (Å²) in [6.45, 7) is 3.82. The number of hydrogen-bond donors (Lipinski definition) is 3. The summed E-state index contributed by atoms with van der Waals surface area (Å²) in [4.78, 5) is 11.0. The highest BCUT2D eigenvalue weighted by atomic mass is 32.2. The van der Waals surface area contributed by atoms with Gasteiger partial charge in [0.1, 0.15) is 5.82 Å². The Kier molecular flexibility index (Phi) is 5.51. The number of hydrogen-bond acceptors (Lipinski definition) is 10. The second-order valence-corrected chi connectivity index (χ2v) is 10.4. The molecule has 3 aromatic rings. The summed E-state index contributed by atoms with van der Waals surface area (Å²) in [5.74, 6) is 2.07. The molecule has 1 unspecified atom stereocenters. The smallest absolute Gasteiger partial charge is 0.270 e. The molecular formula is C21H26N8O3S. The Hall–Kier alpha value is -3.09. The number of sulfonamides is 1. The van der Waals surface area contributed by atoms with E-state index in [0.29, 0.717) is 30.5 Å².